The molecule has 1 atom stereocenters. The van der Waals surface area contributed by atoms with Crippen molar-refractivity contribution in [2.75, 3.05) is 18.4 Å². The van der Waals surface area contributed by atoms with Gasteiger partial charge in [-0.05, 0) is 31.9 Å². The number of carbonyl (C=O) groups is 1. The number of aromatic amines is 1. The van der Waals surface area contributed by atoms with Gasteiger partial charge in [-0.25, -0.2) is 0 Å². The lowest BCUT2D eigenvalue weighted by atomic mass is 10.1. The minimum absolute atomic E-state index is 0.206. The molecule has 1 aromatic carbocycles. The number of aromatic nitrogens is 4. The molecule has 1 fully saturated rings. The van der Waals surface area contributed by atoms with E-state index in [1.54, 1.807) is 6.20 Å². The third-order valence-electron chi connectivity index (χ3n) is 4.76. The topological polar surface area (TPSA) is 87.6 Å². The van der Waals surface area contributed by atoms with Crippen LogP contribution in [-0.2, 0) is 0 Å². The Balaban J connectivity index is 1.45. The number of rotatable bonds is 4. The second kappa shape index (κ2) is 7.13. The quantitative estimate of drug-likeness (QED) is 0.675. The summed E-state index contributed by atoms with van der Waals surface area (Å²) in [6, 6.07) is 10.2. The van der Waals surface area contributed by atoms with Gasteiger partial charge in [0.25, 0.3) is 5.91 Å². The van der Waals surface area contributed by atoms with Gasteiger partial charge in [0.05, 0.1) is 23.5 Å². The molecule has 4 rings (SSSR count). The van der Waals surface area contributed by atoms with Crippen molar-refractivity contribution in [2.45, 2.75) is 25.8 Å². The van der Waals surface area contributed by atoms with Gasteiger partial charge in [0.1, 0.15) is 0 Å². The van der Waals surface area contributed by atoms with Crippen LogP contribution in [0.5, 0.6) is 0 Å². The lowest BCUT2D eigenvalue weighted by Gasteiger charge is -2.22. The largest absolute Gasteiger partial charge is 0.315 e. The van der Waals surface area contributed by atoms with Crippen LogP contribution in [0, 0.1) is 6.92 Å². The highest BCUT2D eigenvalue weighted by Gasteiger charge is 2.18. The van der Waals surface area contributed by atoms with Gasteiger partial charge in [0, 0.05) is 24.4 Å². The molecule has 1 aliphatic heterocycles. The predicted molar refractivity (Wildman–Crippen MR) is 100 cm³/mol. The third-order valence-corrected chi connectivity index (χ3v) is 4.76. The predicted octanol–water partition coefficient (Wildman–Crippen LogP) is 2.76. The Morgan fingerprint density at radius 1 is 1.35 bits per heavy atom. The van der Waals surface area contributed by atoms with Crippen molar-refractivity contribution in [2.24, 2.45) is 0 Å². The normalized spacial score (nSPS) is 17.2. The molecule has 0 aliphatic carbocycles. The summed E-state index contributed by atoms with van der Waals surface area (Å²) in [5.41, 5.74) is 3.63. The number of amides is 1. The highest BCUT2D eigenvalue weighted by Crippen LogP contribution is 2.23. The molecule has 26 heavy (non-hydrogen) atoms. The van der Waals surface area contributed by atoms with E-state index < -0.39 is 0 Å². The molecular formula is C19H22N6O. The first-order valence-electron chi connectivity index (χ1n) is 8.88. The number of aryl methyl sites for hydroxylation is 1. The van der Waals surface area contributed by atoms with Crippen molar-refractivity contribution >= 4 is 11.7 Å². The van der Waals surface area contributed by atoms with Crippen LogP contribution < -0.4 is 10.6 Å². The van der Waals surface area contributed by atoms with E-state index in [1.165, 1.54) is 0 Å². The Morgan fingerprint density at radius 3 is 3.04 bits per heavy atom. The Labute approximate surface area is 151 Å². The fourth-order valence-corrected chi connectivity index (χ4v) is 3.30. The van der Waals surface area contributed by atoms with Crippen molar-refractivity contribution in [3.05, 3.63) is 53.9 Å². The fourth-order valence-electron chi connectivity index (χ4n) is 3.30. The molecule has 7 nitrogen and oxygen atoms in total. The summed E-state index contributed by atoms with van der Waals surface area (Å²) in [4.78, 5) is 12.5. The van der Waals surface area contributed by atoms with Crippen molar-refractivity contribution in [3.8, 4) is 11.3 Å². The monoisotopic (exact) mass is 350 g/mol. The number of hydrogen-bond acceptors (Lipinski definition) is 4. The van der Waals surface area contributed by atoms with E-state index in [2.05, 4.69) is 25.9 Å². The van der Waals surface area contributed by atoms with Gasteiger partial charge in [-0.15, -0.1) is 0 Å². The Kier molecular flexibility index (Phi) is 4.53. The molecule has 7 heteroatoms. The van der Waals surface area contributed by atoms with Gasteiger partial charge in [0.15, 0.2) is 5.82 Å². The summed E-state index contributed by atoms with van der Waals surface area (Å²) in [6.07, 6.45) is 5.62. The third kappa shape index (κ3) is 3.39. The van der Waals surface area contributed by atoms with Crippen LogP contribution in [0.25, 0.3) is 11.3 Å². The summed E-state index contributed by atoms with van der Waals surface area (Å²) in [5.74, 6) is 0.295. The van der Waals surface area contributed by atoms with E-state index in [0.29, 0.717) is 17.4 Å². The molecule has 2 aromatic heterocycles. The molecule has 1 saturated heterocycles. The van der Waals surface area contributed by atoms with Crippen LogP contribution >= 0.6 is 0 Å². The lowest BCUT2D eigenvalue weighted by molar-refractivity contribution is 0.102. The van der Waals surface area contributed by atoms with E-state index in [-0.39, 0.29) is 5.91 Å². The number of benzene rings is 1. The summed E-state index contributed by atoms with van der Waals surface area (Å²) in [6.45, 7) is 3.98. The van der Waals surface area contributed by atoms with Gasteiger partial charge in [-0.1, -0.05) is 24.3 Å². The summed E-state index contributed by atoms with van der Waals surface area (Å²) in [5, 5.41) is 17.7. The maximum Gasteiger partial charge on any atom is 0.260 e. The molecule has 0 radical (unpaired) electrons. The number of carbonyl (C=O) groups excluding carboxylic acids is 1. The lowest BCUT2D eigenvalue weighted by Crippen LogP contribution is -2.31. The molecule has 0 bridgehead atoms. The van der Waals surface area contributed by atoms with Crippen LogP contribution in [0.1, 0.15) is 34.8 Å². The van der Waals surface area contributed by atoms with Crippen molar-refractivity contribution < 1.29 is 4.79 Å². The Morgan fingerprint density at radius 2 is 2.23 bits per heavy atom. The van der Waals surface area contributed by atoms with Gasteiger partial charge in [-0.2, -0.15) is 10.2 Å². The zero-order valence-electron chi connectivity index (χ0n) is 14.7. The number of anilines is 1. The van der Waals surface area contributed by atoms with Gasteiger partial charge in [0.2, 0.25) is 0 Å². The first-order chi connectivity index (χ1) is 12.7. The first kappa shape index (κ1) is 16.5. The van der Waals surface area contributed by atoms with Gasteiger partial charge in [-0.3, -0.25) is 14.6 Å². The van der Waals surface area contributed by atoms with Crippen molar-refractivity contribution in [3.63, 3.8) is 0 Å². The molecule has 1 aliphatic rings. The molecule has 3 N–H and O–H groups in total. The Bertz CT molecular complexity index is 906. The van der Waals surface area contributed by atoms with Crippen LogP contribution in [-0.4, -0.2) is 39.0 Å². The van der Waals surface area contributed by atoms with Crippen LogP contribution in [0.3, 0.4) is 0 Å². The summed E-state index contributed by atoms with van der Waals surface area (Å²) in [7, 11) is 0. The molecule has 1 unspecified atom stereocenters. The van der Waals surface area contributed by atoms with E-state index in [1.807, 2.05) is 48.1 Å². The maximum atomic E-state index is 12.5. The number of nitrogens with zero attached hydrogens (tertiary/aromatic N) is 3. The average molecular weight is 350 g/mol. The number of hydrogen-bond donors (Lipinski definition) is 3. The molecular weight excluding hydrogens is 328 g/mol. The van der Waals surface area contributed by atoms with Crippen molar-refractivity contribution in [1.29, 1.82) is 0 Å². The van der Waals surface area contributed by atoms with Crippen LogP contribution in [0.2, 0.25) is 0 Å². The standard InChI is InChI=1S/C19H22N6O/c1-13-5-2-3-7-16(13)17-9-18(24-23-17)22-19(26)14-10-21-25(12-14)15-6-4-8-20-11-15/h2-3,5,7,9-10,12,15,20H,4,6,8,11H2,1H3,(H2,22,23,24,26). The molecule has 3 heterocycles. The van der Waals surface area contributed by atoms with Crippen molar-refractivity contribution in [1.82, 2.24) is 25.3 Å². The molecule has 1 amide bonds. The molecule has 134 valence electrons. The second-order valence-electron chi connectivity index (χ2n) is 6.65. The molecule has 0 spiro atoms. The van der Waals surface area contributed by atoms with Gasteiger partial charge >= 0.3 is 0 Å². The minimum atomic E-state index is -0.206. The highest BCUT2D eigenvalue weighted by atomic mass is 16.1. The smallest absolute Gasteiger partial charge is 0.260 e. The highest BCUT2D eigenvalue weighted by molar-refractivity contribution is 6.03. The van der Waals surface area contributed by atoms with Crippen LogP contribution in [0.4, 0.5) is 5.82 Å². The van der Waals surface area contributed by atoms with Crippen LogP contribution in [0.15, 0.2) is 42.7 Å². The summed E-state index contributed by atoms with van der Waals surface area (Å²) >= 11 is 0. The minimum Gasteiger partial charge on any atom is -0.315 e. The Hall–Kier alpha value is -2.93. The number of nitrogens with one attached hydrogen (secondary N) is 3. The molecule has 3 aromatic rings. The zero-order valence-corrected chi connectivity index (χ0v) is 14.7. The number of piperidine rings is 1. The van der Waals surface area contributed by atoms with E-state index in [9.17, 15) is 4.79 Å². The second-order valence-corrected chi connectivity index (χ2v) is 6.65. The van der Waals surface area contributed by atoms with E-state index in [4.69, 9.17) is 0 Å². The van der Waals surface area contributed by atoms with E-state index in [0.717, 1.165) is 42.8 Å². The SMILES string of the molecule is Cc1ccccc1-c1cc(NC(=O)c2cnn(C3CCCNC3)c2)n[nH]1. The van der Waals surface area contributed by atoms with E-state index >= 15 is 0 Å². The maximum absolute atomic E-state index is 12.5. The first-order valence-corrected chi connectivity index (χ1v) is 8.88. The average Bonchev–Trinajstić information content (AvgIpc) is 3.33. The zero-order chi connectivity index (χ0) is 17.9. The fraction of sp³-hybridized carbons (Fsp3) is 0.316. The summed E-state index contributed by atoms with van der Waals surface area (Å²) < 4.78 is 1.88. The van der Waals surface area contributed by atoms with Gasteiger partial charge < -0.3 is 10.6 Å². The molecule has 0 saturated carbocycles. The number of H-pyrrole nitrogens is 1.